The fourth-order valence-corrected chi connectivity index (χ4v) is 2.09. The molecule has 1 amide bonds. The highest BCUT2D eigenvalue weighted by molar-refractivity contribution is 5.79. The van der Waals surface area contributed by atoms with Crippen molar-refractivity contribution in [2.24, 2.45) is 17.6 Å². The number of alkyl halides is 2. The van der Waals surface area contributed by atoms with Crippen molar-refractivity contribution < 1.29 is 18.7 Å². The molecule has 4 nitrogen and oxygen atoms in total. The quantitative estimate of drug-likeness (QED) is 0.634. The lowest BCUT2D eigenvalue weighted by Gasteiger charge is -2.18. The molecule has 0 aromatic heterocycles. The number of nitrogens with one attached hydrogen (secondary N) is 1. The molecule has 1 rings (SSSR count). The molecule has 6 heteroatoms. The minimum Gasteiger partial charge on any atom is -0.385 e. The Kier molecular flexibility index (Phi) is 5.08. The van der Waals surface area contributed by atoms with Gasteiger partial charge >= 0.3 is 0 Å². The Labute approximate surface area is 93.2 Å². The molecule has 16 heavy (non-hydrogen) atoms. The van der Waals surface area contributed by atoms with Gasteiger partial charge in [0.25, 0.3) is 6.43 Å². The molecule has 3 atom stereocenters. The third kappa shape index (κ3) is 3.38. The predicted octanol–water partition coefficient (Wildman–Crippen LogP) is 0.104. The van der Waals surface area contributed by atoms with E-state index in [-0.39, 0.29) is 17.7 Å². The van der Waals surface area contributed by atoms with Gasteiger partial charge in [-0.25, -0.2) is 8.78 Å². The average molecular weight is 236 g/mol. The number of aliphatic hydroxyl groups is 1. The minimum absolute atomic E-state index is 0.142. The van der Waals surface area contributed by atoms with Crippen molar-refractivity contribution in [3.8, 4) is 0 Å². The van der Waals surface area contributed by atoms with Gasteiger partial charge in [-0.15, -0.1) is 0 Å². The summed E-state index contributed by atoms with van der Waals surface area (Å²) in [7, 11) is 0. The van der Waals surface area contributed by atoms with Gasteiger partial charge in [0.1, 0.15) is 6.10 Å². The highest BCUT2D eigenvalue weighted by Crippen LogP contribution is 2.30. The van der Waals surface area contributed by atoms with E-state index >= 15 is 0 Å². The normalized spacial score (nSPS) is 27.1. The number of rotatable bonds is 5. The molecule has 0 aliphatic heterocycles. The number of carbonyl (C=O) groups is 1. The highest BCUT2D eigenvalue weighted by atomic mass is 19.3. The van der Waals surface area contributed by atoms with Crippen molar-refractivity contribution in [3.63, 3.8) is 0 Å². The molecule has 94 valence electrons. The zero-order valence-corrected chi connectivity index (χ0v) is 9.03. The maximum Gasteiger partial charge on any atom is 0.265 e. The van der Waals surface area contributed by atoms with Crippen molar-refractivity contribution in [2.75, 3.05) is 13.1 Å². The van der Waals surface area contributed by atoms with Gasteiger partial charge in [-0.3, -0.25) is 4.79 Å². The summed E-state index contributed by atoms with van der Waals surface area (Å²) in [4.78, 5) is 11.6. The molecule has 1 saturated carbocycles. The second kappa shape index (κ2) is 6.10. The lowest BCUT2D eigenvalue weighted by molar-refractivity contribution is -0.127. The first-order valence-electron chi connectivity index (χ1n) is 5.50. The number of aliphatic hydroxyl groups excluding tert-OH is 1. The number of hydrogen-bond donors (Lipinski definition) is 3. The Hall–Kier alpha value is -0.750. The van der Waals surface area contributed by atoms with Crippen molar-refractivity contribution in [1.82, 2.24) is 5.32 Å². The Morgan fingerprint density at radius 3 is 2.75 bits per heavy atom. The van der Waals surface area contributed by atoms with E-state index in [0.717, 1.165) is 19.3 Å². The molecule has 0 saturated heterocycles. The summed E-state index contributed by atoms with van der Waals surface area (Å²) < 4.78 is 24.0. The van der Waals surface area contributed by atoms with Crippen LogP contribution in [0.1, 0.15) is 19.3 Å². The molecule has 3 unspecified atom stereocenters. The van der Waals surface area contributed by atoms with E-state index in [0.29, 0.717) is 6.54 Å². The summed E-state index contributed by atoms with van der Waals surface area (Å²) >= 11 is 0. The predicted molar refractivity (Wildman–Crippen MR) is 54.9 cm³/mol. The largest absolute Gasteiger partial charge is 0.385 e. The standard InChI is InChI=1S/C10H18F2N2O2/c11-9(12)8(15)5-14-10(16)7-3-1-2-6(7)4-13/h6-9,15H,1-5,13H2,(H,14,16). The van der Waals surface area contributed by atoms with Crippen molar-refractivity contribution in [1.29, 1.82) is 0 Å². The van der Waals surface area contributed by atoms with Gasteiger partial charge in [-0.05, 0) is 25.3 Å². The van der Waals surface area contributed by atoms with Crippen LogP contribution in [0.25, 0.3) is 0 Å². The van der Waals surface area contributed by atoms with Crippen LogP contribution >= 0.6 is 0 Å². The van der Waals surface area contributed by atoms with Gasteiger partial charge in [0.15, 0.2) is 0 Å². The summed E-state index contributed by atoms with van der Waals surface area (Å²) in [5.41, 5.74) is 5.52. The SMILES string of the molecule is NCC1CCCC1C(=O)NCC(O)C(F)F. The maximum atomic E-state index is 12.0. The lowest BCUT2D eigenvalue weighted by atomic mass is 9.95. The Morgan fingerprint density at radius 1 is 1.50 bits per heavy atom. The molecule has 1 aliphatic carbocycles. The number of halogens is 2. The van der Waals surface area contributed by atoms with E-state index in [1.807, 2.05) is 0 Å². The summed E-state index contributed by atoms with van der Waals surface area (Å²) in [5, 5.41) is 11.2. The van der Waals surface area contributed by atoms with Crippen LogP contribution in [0.3, 0.4) is 0 Å². The van der Waals surface area contributed by atoms with E-state index in [2.05, 4.69) is 5.32 Å². The fraction of sp³-hybridized carbons (Fsp3) is 0.900. The monoisotopic (exact) mass is 236 g/mol. The summed E-state index contributed by atoms with van der Waals surface area (Å²) in [5.74, 6) is -0.314. The summed E-state index contributed by atoms with van der Waals surface area (Å²) in [6.45, 7) is 0.0414. The van der Waals surface area contributed by atoms with Crippen molar-refractivity contribution in [3.05, 3.63) is 0 Å². The first-order valence-corrected chi connectivity index (χ1v) is 5.50. The molecule has 1 fully saturated rings. The zero-order chi connectivity index (χ0) is 12.1. The number of amides is 1. The number of carbonyl (C=O) groups excluding carboxylic acids is 1. The second-order valence-corrected chi connectivity index (χ2v) is 4.18. The van der Waals surface area contributed by atoms with E-state index in [4.69, 9.17) is 10.8 Å². The van der Waals surface area contributed by atoms with Crippen LogP contribution in [0.4, 0.5) is 8.78 Å². The van der Waals surface area contributed by atoms with Crippen LogP contribution < -0.4 is 11.1 Å². The zero-order valence-electron chi connectivity index (χ0n) is 9.03. The molecule has 0 spiro atoms. The molecule has 0 heterocycles. The second-order valence-electron chi connectivity index (χ2n) is 4.18. The number of nitrogens with two attached hydrogens (primary N) is 1. The Bertz CT molecular complexity index is 239. The van der Waals surface area contributed by atoms with Crippen LogP contribution in [-0.2, 0) is 4.79 Å². The van der Waals surface area contributed by atoms with Crippen LogP contribution in [0.2, 0.25) is 0 Å². The van der Waals surface area contributed by atoms with Gasteiger partial charge in [0.2, 0.25) is 5.91 Å². The number of hydrogen-bond acceptors (Lipinski definition) is 3. The van der Waals surface area contributed by atoms with E-state index in [1.165, 1.54) is 0 Å². The van der Waals surface area contributed by atoms with Gasteiger partial charge in [-0.2, -0.15) is 0 Å². The van der Waals surface area contributed by atoms with E-state index in [1.54, 1.807) is 0 Å². The molecule has 0 bridgehead atoms. The molecular formula is C10H18F2N2O2. The molecule has 1 aliphatic rings. The van der Waals surface area contributed by atoms with Crippen LogP contribution in [0, 0.1) is 11.8 Å². The fourth-order valence-electron chi connectivity index (χ4n) is 2.09. The van der Waals surface area contributed by atoms with Gasteiger partial charge in [0, 0.05) is 12.5 Å². The van der Waals surface area contributed by atoms with Gasteiger partial charge in [-0.1, -0.05) is 6.42 Å². The summed E-state index contributed by atoms with van der Waals surface area (Å²) in [6, 6.07) is 0. The third-order valence-corrected chi connectivity index (χ3v) is 3.07. The first kappa shape index (κ1) is 13.3. The minimum atomic E-state index is -2.82. The Morgan fingerprint density at radius 2 is 2.19 bits per heavy atom. The van der Waals surface area contributed by atoms with Gasteiger partial charge < -0.3 is 16.2 Å². The van der Waals surface area contributed by atoms with Crippen LogP contribution in [0.5, 0.6) is 0 Å². The van der Waals surface area contributed by atoms with E-state index < -0.39 is 19.1 Å². The molecule has 0 aromatic rings. The molecule has 0 radical (unpaired) electrons. The van der Waals surface area contributed by atoms with Crippen LogP contribution in [-0.4, -0.2) is 36.6 Å². The molecule has 4 N–H and O–H groups in total. The van der Waals surface area contributed by atoms with Crippen molar-refractivity contribution >= 4 is 5.91 Å². The third-order valence-electron chi connectivity index (χ3n) is 3.07. The summed E-state index contributed by atoms with van der Waals surface area (Å²) in [6.07, 6.45) is -2.02. The maximum absolute atomic E-state index is 12.0. The smallest absolute Gasteiger partial charge is 0.265 e. The van der Waals surface area contributed by atoms with Crippen molar-refractivity contribution in [2.45, 2.75) is 31.8 Å². The lowest BCUT2D eigenvalue weighted by Crippen LogP contribution is -2.40. The highest BCUT2D eigenvalue weighted by Gasteiger charge is 2.32. The van der Waals surface area contributed by atoms with Gasteiger partial charge in [0.05, 0.1) is 0 Å². The molecule has 0 aromatic carbocycles. The molecular weight excluding hydrogens is 218 g/mol. The Balaban J connectivity index is 2.34. The van der Waals surface area contributed by atoms with Crippen LogP contribution in [0.15, 0.2) is 0 Å². The average Bonchev–Trinajstić information content (AvgIpc) is 2.73. The first-order chi connectivity index (χ1) is 7.56. The van der Waals surface area contributed by atoms with E-state index in [9.17, 15) is 13.6 Å². The topological polar surface area (TPSA) is 75.4 Å².